The van der Waals surface area contributed by atoms with Crippen LogP contribution in [0.4, 0.5) is 8.78 Å². The first-order chi connectivity index (χ1) is 9.02. The predicted molar refractivity (Wildman–Crippen MR) is 63.3 cm³/mol. The van der Waals surface area contributed by atoms with Crippen molar-refractivity contribution in [2.75, 3.05) is 0 Å². The second-order valence-electron chi connectivity index (χ2n) is 4.09. The second-order valence-corrected chi connectivity index (χ2v) is 4.09. The molecule has 2 N–H and O–H groups in total. The van der Waals surface area contributed by atoms with E-state index in [0.717, 1.165) is 6.07 Å². The molecule has 0 saturated carbocycles. The molecule has 1 aromatic heterocycles. The van der Waals surface area contributed by atoms with Crippen LogP contribution in [0.25, 0.3) is 0 Å². The van der Waals surface area contributed by atoms with E-state index in [1.165, 1.54) is 23.9 Å². The van der Waals surface area contributed by atoms with Crippen LogP contribution in [0, 0.1) is 18.6 Å². The SMILES string of the molecule is Cc1ccc(F)c(C(=O)Cn2cc(CN)nn2)c1F. The number of benzene rings is 1. The standard InChI is InChI=1S/C12H12F2N4O/c1-7-2-3-9(13)11(12(7)14)10(19)6-18-5-8(4-15)16-17-18/h2-3,5H,4,6,15H2,1H3. The largest absolute Gasteiger partial charge is 0.325 e. The van der Waals surface area contributed by atoms with Gasteiger partial charge in [0.15, 0.2) is 5.78 Å². The van der Waals surface area contributed by atoms with Crippen molar-refractivity contribution in [3.8, 4) is 0 Å². The first-order valence-corrected chi connectivity index (χ1v) is 5.59. The molecule has 0 aliphatic carbocycles. The van der Waals surface area contributed by atoms with Gasteiger partial charge in [0.05, 0.1) is 17.5 Å². The molecule has 0 unspecified atom stereocenters. The summed E-state index contributed by atoms with van der Waals surface area (Å²) in [6.45, 7) is 1.36. The summed E-state index contributed by atoms with van der Waals surface area (Å²) >= 11 is 0. The Hall–Kier alpha value is -2.15. The summed E-state index contributed by atoms with van der Waals surface area (Å²) in [6, 6.07) is 2.35. The number of carbonyl (C=O) groups is 1. The van der Waals surface area contributed by atoms with E-state index in [1.807, 2.05) is 0 Å². The van der Waals surface area contributed by atoms with Gasteiger partial charge in [-0.05, 0) is 18.6 Å². The van der Waals surface area contributed by atoms with Crippen LogP contribution in [0.15, 0.2) is 18.3 Å². The van der Waals surface area contributed by atoms with Crippen LogP contribution in [-0.4, -0.2) is 20.8 Å². The Morgan fingerprint density at radius 1 is 1.42 bits per heavy atom. The number of ketones is 1. The van der Waals surface area contributed by atoms with Crippen molar-refractivity contribution in [1.29, 1.82) is 0 Å². The first-order valence-electron chi connectivity index (χ1n) is 5.59. The highest BCUT2D eigenvalue weighted by Crippen LogP contribution is 2.17. The fraction of sp³-hybridized carbons (Fsp3) is 0.250. The maximum Gasteiger partial charge on any atom is 0.190 e. The third-order valence-electron chi connectivity index (χ3n) is 2.66. The van der Waals surface area contributed by atoms with Crippen LogP contribution >= 0.6 is 0 Å². The Morgan fingerprint density at radius 2 is 2.16 bits per heavy atom. The lowest BCUT2D eigenvalue weighted by Gasteiger charge is -2.06. The highest BCUT2D eigenvalue weighted by Gasteiger charge is 2.19. The number of hydrogen-bond donors (Lipinski definition) is 1. The lowest BCUT2D eigenvalue weighted by molar-refractivity contribution is 0.0958. The molecule has 2 rings (SSSR count). The van der Waals surface area contributed by atoms with Gasteiger partial charge in [-0.25, -0.2) is 13.5 Å². The molecule has 0 aliphatic rings. The minimum Gasteiger partial charge on any atom is -0.325 e. The van der Waals surface area contributed by atoms with Crippen LogP contribution < -0.4 is 5.73 Å². The monoisotopic (exact) mass is 266 g/mol. The Labute approximate surface area is 108 Å². The molecule has 0 amide bonds. The van der Waals surface area contributed by atoms with E-state index in [-0.39, 0.29) is 18.7 Å². The molecular formula is C12H12F2N4O. The lowest BCUT2D eigenvalue weighted by atomic mass is 10.1. The molecule has 0 spiro atoms. The van der Waals surface area contributed by atoms with Crippen molar-refractivity contribution < 1.29 is 13.6 Å². The highest BCUT2D eigenvalue weighted by atomic mass is 19.1. The third-order valence-corrected chi connectivity index (χ3v) is 2.66. The van der Waals surface area contributed by atoms with E-state index >= 15 is 0 Å². The highest BCUT2D eigenvalue weighted by molar-refractivity contribution is 5.96. The number of carbonyl (C=O) groups excluding carboxylic acids is 1. The van der Waals surface area contributed by atoms with Gasteiger partial charge in [-0.3, -0.25) is 4.79 Å². The van der Waals surface area contributed by atoms with Gasteiger partial charge in [0.2, 0.25) is 0 Å². The number of Topliss-reactive ketones (excluding diaryl/α,β-unsaturated/α-hetero) is 1. The minimum absolute atomic E-state index is 0.182. The molecular weight excluding hydrogens is 254 g/mol. The predicted octanol–water partition coefficient (Wildman–Crippen LogP) is 1.21. The van der Waals surface area contributed by atoms with E-state index in [4.69, 9.17) is 5.73 Å². The molecule has 7 heteroatoms. The van der Waals surface area contributed by atoms with Gasteiger partial charge in [-0.2, -0.15) is 0 Å². The van der Waals surface area contributed by atoms with Crippen molar-refractivity contribution in [3.05, 3.63) is 46.8 Å². The normalized spacial score (nSPS) is 10.7. The molecule has 5 nitrogen and oxygen atoms in total. The van der Waals surface area contributed by atoms with Crippen LogP contribution in [0.1, 0.15) is 21.6 Å². The van der Waals surface area contributed by atoms with Gasteiger partial charge in [-0.15, -0.1) is 5.10 Å². The maximum absolute atomic E-state index is 13.8. The zero-order chi connectivity index (χ0) is 14.0. The average molecular weight is 266 g/mol. The smallest absolute Gasteiger partial charge is 0.190 e. The third kappa shape index (κ3) is 2.65. The summed E-state index contributed by atoms with van der Waals surface area (Å²) in [5.41, 5.74) is 5.51. The summed E-state index contributed by atoms with van der Waals surface area (Å²) in [4.78, 5) is 11.9. The van der Waals surface area contributed by atoms with Crippen molar-refractivity contribution in [2.24, 2.45) is 5.73 Å². The van der Waals surface area contributed by atoms with E-state index < -0.39 is 23.0 Å². The topological polar surface area (TPSA) is 73.8 Å². The molecule has 0 aliphatic heterocycles. The van der Waals surface area contributed by atoms with Gasteiger partial charge < -0.3 is 5.73 Å². The van der Waals surface area contributed by atoms with Gasteiger partial charge in [0.1, 0.15) is 18.2 Å². The van der Waals surface area contributed by atoms with Crippen LogP contribution in [0.3, 0.4) is 0 Å². The zero-order valence-electron chi connectivity index (χ0n) is 10.2. The van der Waals surface area contributed by atoms with Gasteiger partial charge in [-0.1, -0.05) is 11.3 Å². The molecule has 1 aromatic carbocycles. The number of rotatable bonds is 4. The van der Waals surface area contributed by atoms with Crippen molar-refractivity contribution in [1.82, 2.24) is 15.0 Å². The van der Waals surface area contributed by atoms with Gasteiger partial charge in [0, 0.05) is 6.54 Å². The van der Waals surface area contributed by atoms with E-state index in [0.29, 0.717) is 5.69 Å². The fourth-order valence-corrected chi connectivity index (χ4v) is 1.65. The van der Waals surface area contributed by atoms with Gasteiger partial charge >= 0.3 is 0 Å². The summed E-state index contributed by atoms with van der Waals surface area (Å²) in [7, 11) is 0. The number of nitrogens with two attached hydrogens (primary N) is 1. The van der Waals surface area contributed by atoms with Crippen LogP contribution in [-0.2, 0) is 13.1 Å². The summed E-state index contributed by atoms with van der Waals surface area (Å²) in [5.74, 6) is -2.43. The second kappa shape index (κ2) is 5.23. The number of nitrogens with zero attached hydrogens (tertiary/aromatic N) is 3. The number of aromatic nitrogens is 3. The number of halogens is 2. The summed E-state index contributed by atoms with van der Waals surface area (Å²) in [5, 5.41) is 7.35. The zero-order valence-corrected chi connectivity index (χ0v) is 10.2. The Morgan fingerprint density at radius 3 is 2.79 bits per heavy atom. The summed E-state index contributed by atoms with van der Waals surface area (Å²) in [6.07, 6.45) is 1.46. The Balaban J connectivity index is 2.27. The Bertz CT molecular complexity index is 624. The maximum atomic E-state index is 13.8. The van der Waals surface area contributed by atoms with Crippen LogP contribution in [0.5, 0.6) is 0 Å². The van der Waals surface area contributed by atoms with Crippen molar-refractivity contribution in [2.45, 2.75) is 20.0 Å². The summed E-state index contributed by atoms with van der Waals surface area (Å²) < 4.78 is 28.5. The van der Waals surface area contributed by atoms with Crippen LogP contribution in [0.2, 0.25) is 0 Å². The molecule has 100 valence electrons. The Kier molecular flexibility index (Phi) is 3.66. The minimum atomic E-state index is -0.882. The molecule has 0 atom stereocenters. The van der Waals surface area contributed by atoms with E-state index in [2.05, 4.69) is 10.3 Å². The molecule has 1 heterocycles. The van der Waals surface area contributed by atoms with E-state index in [1.54, 1.807) is 0 Å². The van der Waals surface area contributed by atoms with Crippen molar-refractivity contribution >= 4 is 5.78 Å². The van der Waals surface area contributed by atoms with Crippen molar-refractivity contribution in [3.63, 3.8) is 0 Å². The number of aryl methyl sites for hydroxylation is 1. The fourth-order valence-electron chi connectivity index (χ4n) is 1.65. The quantitative estimate of drug-likeness (QED) is 0.844. The molecule has 19 heavy (non-hydrogen) atoms. The van der Waals surface area contributed by atoms with Gasteiger partial charge in [0.25, 0.3) is 0 Å². The lowest BCUT2D eigenvalue weighted by Crippen LogP contribution is -2.15. The molecule has 0 fully saturated rings. The van der Waals surface area contributed by atoms with E-state index in [9.17, 15) is 13.6 Å². The molecule has 0 saturated heterocycles. The first kappa shape index (κ1) is 13.3. The molecule has 0 radical (unpaired) electrons. The number of hydrogen-bond acceptors (Lipinski definition) is 4. The molecule has 0 bridgehead atoms. The average Bonchev–Trinajstić information content (AvgIpc) is 2.82. The molecule has 2 aromatic rings.